The summed E-state index contributed by atoms with van der Waals surface area (Å²) in [6, 6.07) is -1.25. The van der Waals surface area contributed by atoms with Gasteiger partial charge >= 0.3 is 5.97 Å². The zero-order chi connectivity index (χ0) is 13.1. The summed E-state index contributed by atoms with van der Waals surface area (Å²) in [5.41, 5.74) is 0. The Bertz CT molecular complexity index is 330. The summed E-state index contributed by atoms with van der Waals surface area (Å²) in [7, 11) is 0. The number of ether oxygens (including phenoxy) is 1. The minimum atomic E-state index is -0.806. The second kappa shape index (κ2) is 9.46. The van der Waals surface area contributed by atoms with Crippen molar-refractivity contribution in [2.75, 3.05) is 6.61 Å². The van der Waals surface area contributed by atoms with Crippen molar-refractivity contribution in [3.63, 3.8) is 0 Å². The zero-order valence-electron chi connectivity index (χ0n) is 10.0. The number of esters is 1. The summed E-state index contributed by atoms with van der Waals surface area (Å²) in [5, 5.41) is 0. The Kier molecular flexibility index (Phi) is 8.47. The van der Waals surface area contributed by atoms with Crippen LogP contribution in [0.2, 0.25) is 0 Å². The average molecular weight is 240 g/mol. The van der Waals surface area contributed by atoms with Gasteiger partial charge in [0.1, 0.15) is 6.61 Å². The summed E-state index contributed by atoms with van der Waals surface area (Å²) in [6.45, 7) is 3.56. The molecule has 0 saturated carbocycles. The summed E-state index contributed by atoms with van der Waals surface area (Å²) >= 11 is 0. The third-order valence-electron chi connectivity index (χ3n) is 2.05. The largest absolute Gasteiger partial charge is 0.462 e. The van der Waals surface area contributed by atoms with E-state index in [2.05, 4.69) is 9.98 Å². The van der Waals surface area contributed by atoms with Gasteiger partial charge in [0.25, 0.3) is 0 Å². The normalized spacial score (nSPS) is 12.8. The number of aliphatic imine (C=N–C) groups is 2. The van der Waals surface area contributed by atoms with Gasteiger partial charge in [0.05, 0.1) is 6.04 Å². The van der Waals surface area contributed by atoms with Crippen LogP contribution in [-0.4, -0.2) is 36.8 Å². The number of isocyanates is 2. The molecule has 0 saturated heterocycles. The lowest BCUT2D eigenvalue weighted by atomic mass is 10.1. The maximum atomic E-state index is 11.5. The monoisotopic (exact) mass is 240 g/mol. The van der Waals surface area contributed by atoms with Crippen LogP contribution in [0.15, 0.2) is 9.98 Å². The number of hydrogen-bond donors (Lipinski definition) is 0. The lowest BCUT2D eigenvalue weighted by Gasteiger charge is -2.11. The quantitative estimate of drug-likeness (QED) is 0.362. The molecular formula is C11H16N2O4. The van der Waals surface area contributed by atoms with Gasteiger partial charge in [-0.05, 0) is 13.3 Å². The van der Waals surface area contributed by atoms with E-state index in [1.807, 2.05) is 6.92 Å². The van der Waals surface area contributed by atoms with Gasteiger partial charge in [-0.2, -0.15) is 9.98 Å². The first-order valence-corrected chi connectivity index (χ1v) is 5.46. The SMILES string of the molecule is CCCCC(N=C=O)C(=O)OCC(C)N=C=O. The summed E-state index contributed by atoms with van der Waals surface area (Å²) in [4.78, 5) is 38.4. The van der Waals surface area contributed by atoms with E-state index in [1.165, 1.54) is 12.2 Å². The molecule has 2 unspecified atom stereocenters. The van der Waals surface area contributed by atoms with E-state index in [9.17, 15) is 14.4 Å². The van der Waals surface area contributed by atoms with Crippen LogP contribution in [0.4, 0.5) is 0 Å². The van der Waals surface area contributed by atoms with Crippen LogP contribution in [0, 0.1) is 0 Å². The molecule has 0 spiro atoms. The van der Waals surface area contributed by atoms with E-state index in [1.54, 1.807) is 6.92 Å². The molecule has 0 aromatic carbocycles. The molecule has 17 heavy (non-hydrogen) atoms. The highest BCUT2D eigenvalue weighted by Crippen LogP contribution is 2.06. The van der Waals surface area contributed by atoms with E-state index in [4.69, 9.17) is 4.74 Å². The first-order chi connectivity index (χ1) is 8.15. The molecule has 0 heterocycles. The molecule has 0 fully saturated rings. The van der Waals surface area contributed by atoms with Gasteiger partial charge in [0, 0.05) is 0 Å². The van der Waals surface area contributed by atoms with Crippen molar-refractivity contribution < 1.29 is 19.1 Å². The first-order valence-electron chi connectivity index (χ1n) is 5.46. The Morgan fingerprint density at radius 3 is 2.47 bits per heavy atom. The van der Waals surface area contributed by atoms with Gasteiger partial charge in [0.2, 0.25) is 12.2 Å². The van der Waals surface area contributed by atoms with E-state index in [0.29, 0.717) is 6.42 Å². The predicted octanol–water partition coefficient (Wildman–Crippen LogP) is 1.15. The van der Waals surface area contributed by atoms with Crippen molar-refractivity contribution in [3.05, 3.63) is 0 Å². The molecule has 0 rings (SSSR count). The minimum absolute atomic E-state index is 0.0227. The van der Waals surface area contributed by atoms with Crippen LogP contribution >= 0.6 is 0 Å². The molecule has 6 nitrogen and oxygen atoms in total. The Labute approximate surface area is 99.8 Å². The molecule has 0 aliphatic carbocycles. The lowest BCUT2D eigenvalue weighted by molar-refractivity contribution is -0.145. The maximum absolute atomic E-state index is 11.5. The Morgan fingerprint density at radius 2 is 1.94 bits per heavy atom. The van der Waals surface area contributed by atoms with Gasteiger partial charge in [-0.25, -0.2) is 14.4 Å². The fraction of sp³-hybridized carbons (Fsp3) is 0.727. The van der Waals surface area contributed by atoms with Crippen molar-refractivity contribution in [2.24, 2.45) is 9.98 Å². The Morgan fingerprint density at radius 1 is 1.29 bits per heavy atom. The number of nitrogens with zero attached hydrogens (tertiary/aromatic N) is 2. The Balaban J connectivity index is 4.22. The highest BCUT2D eigenvalue weighted by atomic mass is 16.5. The van der Waals surface area contributed by atoms with Crippen molar-refractivity contribution >= 4 is 18.1 Å². The fourth-order valence-corrected chi connectivity index (χ4v) is 1.12. The topological polar surface area (TPSA) is 85.2 Å². The molecule has 6 heteroatoms. The third-order valence-corrected chi connectivity index (χ3v) is 2.05. The van der Waals surface area contributed by atoms with Crippen molar-refractivity contribution in [1.29, 1.82) is 0 Å². The van der Waals surface area contributed by atoms with Crippen LogP contribution in [0.5, 0.6) is 0 Å². The molecule has 0 aromatic rings. The third kappa shape index (κ3) is 7.17. The van der Waals surface area contributed by atoms with Gasteiger partial charge in [-0.15, -0.1) is 0 Å². The van der Waals surface area contributed by atoms with Gasteiger partial charge in [-0.1, -0.05) is 19.8 Å². The van der Waals surface area contributed by atoms with E-state index < -0.39 is 18.1 Å². The average Bonchev–Trinajstić information content (AvgIpc) is 2.32. The van der Waals surface area contributed by atoms with Crippen LogP contribution in [0.1, 0.15) is 33.1 Å². The first kappa shape index (κ1) is 15.2. The lowest BCUT2D eigenvalue weighted by Crippen LogP contribution is -2.24. The van der Waals surface area contributed by atoms with E-state index in [-0.39, 0.29) is 6.61 Å². The zero-order valence-corrected chi connectivity index (χ0v) is 10.0. The van der Waals surface area contributed by atoms with Crippen molar-refractivity contribution in [3.8, 4) is 0 Å². The molecule has 0 bridgehead atoms. The smallest absolute Gasteiger partial charge is 0.331 e. The van der Waals surface area contributed by atoms with E-state index >= 15 is 0 Å². The summed E-state index contributed by atoms with van der Waals surface area (Å²) in [5.74, 6) is -0.588. The molecule has 0 amide bonds. The molecule has 0 aliphatic heterocycles. The number of rotatable bonds is 8. The molecule has 0 aromatic heterocycles. The predicted molar refractivity (Wildman–Crippen MR) is 60.0 cm³/mol. The van der Waals surface area contributed by atoms with Crippen LogP contribution in [0.25, 0.3) is 0 Å². The maximum Gasteiger partial charge on any atom is 0.331 e. The second-order valence-electron chi connectivity index (χ2n) is 3.58. The van der Waals surface area contributed by atoms with Gasteiger partial charge < -0.3 is 4.74 Å². The van der Waals surface area contributed by atoms with E-state index in [0.717, 1.165) is 12.8 Å². The molecule has 0 N–H and O–H groups in total. The number of unbranched alkanes of at least 4 members (excludes halogenated alkanes) is 1. The summed E-state index contributed by atoms with van der Waals surface area (Å²) in [6.07, 6.45) is 4.85. The number of carbonyl (C=O) groups excluding carboxylic acids is 3. The van der Waals surface area contributed by atoms with Crippen molar-refractivity contribution in [1.82, 2.24) is 0 Å². The Hall–Kier alpha value is -1.77. The minimum Gasteiger partial charge on any atom is -0.462 e. The fourth-order valence-electron chi connectivity index (χ4n) is 1.12. The van der Waals surface area contributed by atoms with Crippen LogP contribution < -0.4 is 0 Å². The van der Waals surface area contributed by atoms with Crippen LogP contribution in [-0.2, 0) is 19.1 Å². The molecule has 94 valence electrons. The highest BCUT2D eigenvalue weighted by Gasteiger charge is 2.19. The molecule has 2 atom stereocenters. The molecular weight excluding hydrogens is 224 g/mol. The highest BCUT2D eigenvalue weighted by molar-refractivity contribution is 5.76. The van der Waals surface area contributed by atoms with Gasteiger partial charge in [-0.3, -0.25) is 0 Å². The van der Waals surface area contributed by atoms with Crippen LogP contribution in [0.3, 0.4) is 0 Å². The van der Waals surface area contributed by atoms with Gasteiger partial charge in [0.15, 0.2) is 6.04 Å². The molecule has 0 aliphatic rings. The number of carbonyl (C=O) groups is 1. The standard InChI is InChI=1S/C11H16N2O4/c1-3-4-5-10(13-8-15)11(16)17-6-9(2)12-7-14/h9-10H,3-6H2,1-2H3. The molecule has 0 radical (unpaired) electrons. The summed E-state index contributed by atoms with van der Waals surface area (Å²) < 4.78 is 4.88. The second-order valence-corrected chi connectivity index (χ2v) is 3.58. The van der Waals surface area contributed by atoms with Crippen molar-refractivity contribution in [2.45, 2.75) is 45.2 Å². The number of hydrogen-bond acceptors (Lipinski definition) is 6.